The number of benzene rings is 3. The number of nitrogens with one attached hydrogen (secondary N) is 1. The minimum absolute atomic E-state index is 0.250. The van der Waals surface area contributed by atoms with Crippen LogP contribution in [-0.4, -0.2) is 34.6 Å². The van der Waals surface area contributed by atoms with Crippen molar-refractivity contribution in [3.63, 3.8) is 0 Å². The van der Waals surface area contributed by atoms with E-state index in [-0.39, 0.29) is 16.8 Å². The molecular weight excluding hydrogens is 440 g/mol. The summed E-state index contributed by atoms with van der Waals surface area (Å²) in [5.41, 5.74) is 3.31. The third kappa shape index (κ3) is 4.26. The fourth-order valence-electron chi connectivity index (χ4n) is 4.04. The van der Waals surface area contributed by atoms with E-state index in [0.29, 0.717) is 34.9 Å². The highest BCUT2D eigenvalue weighted by atomic mass is 32.2. The van der Waals surface area contributed by atoms with Crippen molar-refractivity contribution in [3.05, 3.63) is 77.4 Å². The van der Waals surface area contributed by atoms with Crippen LogP contribution < -0.4 is 19.1 Å². The lowest BCUT2D eigenvalue weighted by Gasteiger charge is -2.24. The van der Waals surface area contributed by atoms with Gasteiger partial charge in [0, 0.05) is 17.7 Å². The van der Waals surface area contributed by atoms with Crippen molar-refractivity contribution in [2.45, 2.75) is 31.2 Å². The van der Waals surface area contributed by atoms with Crippen LogP contribution in [0, 0.1) is 6.92 Å². The average Bonchev–Trinajstić information content (AvgIpc) is 3.14. The van der Waals surface area contributed by atoms with Gasteiger partial charge in [0.2, 0.25) is 0 Å². The smallest absolute Gasteiger partial charge is 0.264 e. The molecule has 0 aliphatic carbocycles. The topological polar surface area (TPSA) is 84.9 Å². The van der Waals surface area contributed by atoms with Gasteiger partial charge in [0.05, 0.1) is 30.5 Å². The van der Waals surface area contributed by atoms with E-state index in [2.05, 4.69) is 5.32 Å². The summed E-state index contributed by atoms with van der Waals surface area (Å²) >= 11 is 0. The number of fused-ring (bicyclic) bond motifs is 1. The fourth-order valence-corrected chi connectivity index (χ4v) is 5.73. The number of carbonyl (C=O) groups is 1. The summed E-state index contributed by atoms with van der Waals surface area (Å²) in [5.74, 6) is 0.775. The SMILES string of the molecule is COc1ccc(OC)c(NC(=O)c2ccc3c(c2)C[C@@H](C)N3S(=O)(=O)c2ccc(C)cc2)c1. The van der Waals surface area contributed by atoms with Gasteiger partial charge in [0.25, 0.3) is 15.9 Å². The number of rotatable bonds is 6. The van der Waals surface area contributed by atoms with Crippen molar-refractivity contribution in [2.75, 3.05) is 23.8 Å². The average molecular weight is 467 g/mol. The second-order valence-electron chi connectivity index (χ2n) is 8.03. The molecule has 0 aromatic heterocycles. The van der Waals surface area contributed by atoms with E-state index >= 15 is 0 Å². The van der Waals surface area contributed by atoms with Crippen LogP contribution >= 0.6 is 0 Å². The zero-order chi connectivity index (χ0) is 23.8. The molecule has 0 saturated heterocycles. The molecule has 1 atom stereocenters. The zero-order valence-electron chi connectivity index (χ0n) is 19.0. The Morgan fingerprint density at radius 2 is 1.73 bits per heavy atom. The van der Waals surface area contributed by atoms with Crippen LogP contribution in [0.3, 0.4) is 0 Å². The number of amides is 1. The van der Waals surface area contributed by atoms with E-state index in [1.165, 1.54) is 11.4 Å². The van der Waals surface area contributed by atoms with Crippen molar-refractivity contribution >= 4 is 27.3 Å². The molecule has 1 amide bonds. The lowest BCUT2D eigenvalue weighted by molar-refractivity contribution is 0.102. The van der Waals surface area contributed by atoms with Crippen LogP contribution in [0.5, 0.6) is 11.5 Å². The predicted molar refractivity (Wildman–Crippen MR) is 128 cm³/mol. The van der Waals surface area contributed by atoms with Crippen LogP contribution in [0.2, 0.25) is 0 Å². The molecule has 1 aliphatic heterocycles. The molecular formula is C25H26N2O5S. The Labute approximate surface area is 194 Å². The number of nitrogens with zero attached hydrogens (tertiary/aromatic N) is 1. The molecule has 3 aromatic carbocycles. The number of carbonyl (C=O) groups excluding carboxylic acids is 1. The molecule has 3 aromatic rings. The molecule has 0 radical (unpaired) electrons. The van der Waals surface area contributed by atoms with Gasteiger partial charge < -0.3 is 14.8 Å². The third-order valence-corrected chi connectivity index (χ3v) is 7.67. The summed E-state index contributed by atoms with van der Waals surface area (Å²) in [6, 6.07) is 16.8. The van der Waals surface area contributed by atoms with Gasteiger partial charge >= 0.3 is 0 Å². The Bertz CT molecular complexity index is 1300. The zero-order valence-corrected chi connectivity index (χ0v) is 19.8. The second kappa shape index (κ2) is 8.78. The van der Waals surface area contributed by atoms with Gasteiger partial charge in [-0.05, 0) is 68.3 Å². The number of sulfonamides is 1. The Hall–Kier alpha value is -3.52. The number of hydrogen-bond donors (Lipinski definition) is 1. The molecule has 1 heterocycles. The van der Waals surface area contributed by atoms with E-state index in [4.69, 9.17) is 9.47 Å². The Kier molecular flexibility index (Phi) is 6.03. The molecule has 1 N–H and O–H groups in total. The molecule has 1 aliphatic rings. The van der Waals surface area contributed by atoms with Gasteiger partial charge in [-0.15, -0.1) is 0 Å². The van der Waals surface area contributed by atoms with Crippen LogP contribution in [0.25, 0.3) is 0 Å². The number of aryl methyl sites for hydroxylation is 1. The number of hydrogen-bond acceptors (Lipinski definition) is 5. The quantitative estimate of drug-likeness (QED) is 0.582. The maximum absolute atomic E-state index is 13.3. The summed E-state index contributed by atoms with van der Waals surface area (Å²) in [4.78, 5) is 13.2. The van der Waals surface area contributed by atoms with E-state index in [9.17, 15) is 13.2 Å². The summed E-state index contributed by atoms with van der Waals surface area (Å²) in [7, 11) is -0.642. The molecule has 0 spiro atoms. The molecule has 7 nitrogen and oxygen atoms in total. The molecule has 0 fully saturated rings. The molecule has 172 valence electrons. The summed E-state index contributed by atoms with van der Waals surface area (Å²) < 4.78 is 38.7. The molecule has 4 rings (SSSR count). The first-order chi connectivity index (χ1) is 15.7. The summed E-state index contributed by atoms with van der Waals surface area (Å²) in [5, 5.41) is 2.85. The van der Waals surface area contributed by atoms with Crippen LogP contribution in [0.1, 0.15) is 28.4 Å². The molecule has 33 heavy (non-hydrogen) atoms. The number of methoxy groups -OCH3 is 2. The van der Waals surface area contributed by atoms with Crippen molar-refractivity contribution in [1.82, 2.24) is 0 Å². The molecule has 0 unspecified atom stereocenters. The molecule has 0 saturated carbocycles. The van der Waals surface area contributed by atoms with E-state index in [1.807, 2.05) is 13.8 Å². The van der Waals surface area contributed by atoms with Gasteiger partial charge in [-0.3, -0.25) is 9.10 Å². The van der Waals surface area contributed by atoms with Crippen molar-refractivity contribution in [1.29, 1.82) is 0 Å². The Morgan fingerprint density at radius 3 is 2.39 bits per heavy atom. The van der Waals surface area contributed by atoms with Gasteiger partial charge in [0.1, 0.15) is 11.5 Å². The second-order valence-corrected chi connectivity index (χ2v) is 9.85. The largest absolute Gasteiger partial charge is 0.497 e. The Morgan fingerprint density at radius 1 is 1.00 bits per heavy atom. The van der Waals surface area contributed by atoms with Crippen molar-refractivity contribution in [3.8, 4) is 11.5 Å². The highest BCUT2D eigenvalue weighted by molar-refractivity contribution is 7.92. The summed E-state index contributed by atoms with van der Waals surface area (Å²) in [6.45, 7) is 3.78. The van der Waals surface area contributed by atoms with Crippen LogP contribution in [-0.2, 0) is 16.4 Å². The lowest BCUT2D eigenvalue weighted by Crippen LogP contribution is -2.35. The predicted octanol–water partition coefficient (Wildman–Crippen LogP) is 4.40. The first-order valence-corrected chi connectivity index (χ1v) is 12.0. The van der Waals surface area contributed by atoms with E-state index < -0.39 is 10.0 Å². The third-order valence-electron chi connectivity index (χ3n) is 5.73. The molecule has 8 heteroatoms. The summed E-state index contributed by atoms with van der Waals surface area (Å²) in [6.07, 6.45) is 0.518. The number of anilines is 2. The minimum Gasteiger partial charge on any atom is -0.497 e. The van der Waals surface area contributed by atoms with Gasteiger partial charge in [-0.2, -0.15) is 0 Å². The monoisotopic (exact) mass is 466 g/mol. The molecule has 0 bridgehead atoms. The standard InChI is InChI=1S/C25H26N2O5S/c1-16-5-9-21(10-6-16)33(29,30)27-17(2)13-19-14-18(7-11-23(19)27)25(28)26-22-15-20(31-3)8-12-24(22)32-4/h5-12,14-15,17H,13H2,1-4H3,(H,26,28)/t17-/m1/s1. The highest BCUT2D eigenvalue weighted by Gasteiger charge is 2.36. The van der Waals surface area contributed by atoms with Crippen LogP contribution in [0.15, 0.2) is 65.6 Å². The van der Waals surface area contributed by atoms with Gasteiger partial charge in [0.15, 0.2) is 0 Å². The lowest BCUT2D eigenvalue weighted by atomic mass is 10.1. The van der Waals surface area contributed by atoms with Crippen molar-refractivity contribution in [2.24, 2.45) is 0 Å². The maximum atomic E-state index is 13.3. The Balaban J connectivity index is 1.63. The van der Waals surface area contributed by atoms with Gasteiger partial charge in [-0.1, -0.05) is 17.7 Å². The minimum atomic E-state index is -3.71. The number of ether oxygens (including phenoxy) is 2. The fraction of sp³-hybridized carbons (Fsp3) is 0.240. The normalized spacial score (nSPS) is 15.2. The first-order valence-electron chi connectivity index (χ1n) is 10.5. The first kappa shape index (κ1) is 22.7. The van der Waals surface area contributed by atoms with E-state index in [1.54, 1.807) is 67.8 Å². The maximum Gasteiger partial charge on any atom is 0.264 e. The van der Waals surface area contributed by atoms with Gasteiger partial charge in [-0.25, -0.2) is 8.42 Å². The van der Waals surface area contributed by atoms with E-state index in [0.717, 1.165) is 11.1 Å². The van der Waals surface area contributed by atoms with Crippen molar-refractivity contribution < 1.29 is 22.7 Å². The highest BCUT2D eigenvalue weighted by Crippen LogP contribution is 2.37. The van der Waals surface area contributed by atoms with Crippen LogP contribution in [0.4, 0.5) is 11.4 Å².